The van der Waals surface area contributed by atoms with Crippen LogP contribution in [0.4, 0.5) is 10.5 Å². The summed E-state index contributed by atoms with van der Waals surface area (Å²) < 4.78 is 10.5. The number of ether oxygens (including phenoxy) is 2. The number of phenolic OH excluding ortho intramolecular Hbond substituents is 1. The van der Waals surface area contributed by atoms with E-state index in [1.54, 1.807) is 12.1 Å². The SMILES string of the molecule is O=C(NC(C(=O)OCc1ccc([N+](=O)[O-])cc1)c1ccc(O)cc1)OCc1ccccc1. The number of hydrogen-bond acceptors (Lipinski definition) is 7. The van der Waals surface area contributed by atoms with E-state index in [-0.39, 0.29) is 24.7 Å². The predicted molar refractivity (Wildman–Crippen MR) is 114 cm³/mol. The first kappa shape index (κ1) is 22.3. The highest BCUT2D eigenvalue weighted by Gasteiger charge is 2.25. The van der Waals surface area contributed by atoms with E-state index in [2.05, 4.69) is 5.32 Å². The van der Waals surface area contributed by atoms with Gasteiger partial charge in [-0.1, -0.05) is 42.5 Å². The normalized spacial score (nSPS) is 11.2. The van der Waals surface area contributed by atoms with Crippen LogP contribution in [0.1, 0.15) is 22.7 Å². The number of alkyl carbamates (subject to hydrolysis) is 1. The summed E-state index contributed by atoms with van der Waals surface area (Å²) in [5, 5.41) is 22.7. The molecular weight excluding hydrogens is 416 g/mol. The third-order valence-electron chi connectivity index (χ3n) is 4.47. The van der Waals surface area contributed by atoms with Crippen LogP contribution in [0.5, 0.6) is 5.75 Å². The van der Waals surface area contributed by atoms with Crippen LogP contribution < -0.4 is 5.32 Å². The third-order valence-corrected chi connectivity index (χ3v) is 4.47. The first-order chi connectivity index (χ1) is 15.4. The van der Waals surface area contributed by atoms with Crippen molar-refractivity contribution in [2.24, 2.45) is 0 Å². The molecule has 0 aliphatic carbocycles. The molecule has 164 valence electrons. The Labute approximate surface area is 183 Å². The van der Waals surface area contributed by atoms with Gasteiger partial charge in [-0.15, -0.1) is 0 Å². The number of esters is 1. The van der Waals surface area contributed by atoms with Gasteiger partial charge in [0.25, 0.3) is 5.69 Å². The number of amides is 1. The molecule has 0 fully saturated rings. The van der Waals surface area contributed by atoms with Gasteiger partial charge in [-0.3, -0.25) is 10.1 Å². The zero-order chi connectivity index (χ0) is 22.9. The lowest BCUT2D eigenvalue weighted by Crippen LogP contribution is -2.35. The summed E-state index contributed by atoms with van der Waals surface area (Å²) >= 11 is 0. The molecule has 0 aromatic heterocycles. The minimum atomic E-state index is -1.18. The number of phenols is 1. The summed E-state index contributed by atoms with van der Waals surface area (Å²) in [6.45, 7) is -0.126. The highest BCUT2D eigenvalue weighted by molar-refractivity contribution is 5.82. The van der Waals surface area contributed by atoms with Crippen LogP contribution in [-0.2, 0) is 27.5 Å². The Balaban J connectivity index is 1.66. The average molecular weight is 436 g/mol. The zero-order valence-corrected chi connectivity index (χ0v) is 16.8. The van der Waals surface area contributed by atoms with E-state index in [0.29, 0.717) is 11.1 Å². The molecule has 1 atom stereocenters. The summed E-state index contributed by atoms with van der Waals surface area (Å²) in [7, 11) is 0. The highest BCUT2D eigenvalue weighted by Crippen LogP contribution is 2.20. The Hall–Kier alpha value is -4.40. The molecule has 1 unspecified atom stereocenters. The van der Waals surface area contributed by atoms with E-state index in [0.717, 1.165) is 5.56 Å². The molecule has 3 aromatic carbocycles. The number of nitro groups is 1. The molecule has 1 amide bonds. The van der Waals surface area contributed by atoms with Gasteiger partial charge in [0.2, 0.25) is 0 Å². The van der Waals surface area contributed by atoms with E-state index in [1.165, 1.54) is 48.5 Å². The molecule has 0 aliphatic heterocycles. The predicted octanol–water partition coefficient (Wildman–Crippen LogP) is 4.01. The number of nitro benzene ring substituents is 1. The number of nitrogens with zero attached hydrogens (tertiary/aromatic N) is 1. The Morgan fingerprint density at radius 2 is 1.47 bits per heavy atom. The second-order valence-electron chi connectivity index (χ2n) is 6.76. The van der Waals surface area contributed by atoms with Gasteiger partial charge in [-0.2, -0.15) is 0 Å². The van der Waals surface area contributed by atoms with Gasteiger partial charge in [0.05, 0.1) is 4.92 Å². The lowest BCUT2D eigenvalue weighted by molar-refractivity contribution is -0.384. The van der Waals surface area contributed by atoms with E-state index < -0.39 is 23.0 Å². The van der Waals surface area contributed by atoms with Crippen LogP contribution in [0.25, 0.3) is 0 Å². The quantitative estimate of drug-likeness (QED) is 0.310. The van der Waals surface area contributed by atoms with Crippen molar-refractivity contribution in [1.82, 2.24) is 5.32 Å². The Kier molecular flexibility index (Phi) is 7.37. The minimum Gasteiger partial charge on any atom is -0.508 e. The average Bonchev–Trinajstić information content (AvgIpc) is 2.81. The first-order valence-corrected chi connectivity index (χ1v) is 9.58. The summed E-state index contributed by atoms with van der Waals surface area (Å²) in [5.41, 5.74) is 1.63. The topological polar surface area (TPSA) is 128 Å². The van der Waals surface area contributed by atoms with Gasteiger partial charge >= 0.3 is 12.1 Å². The molecule has 32 heavy (non-hydrogen) atoms. The molecule has 3 aromatic rings. The largest absolute Gasteiger partial charge is 0.508 e. The number of hydrogen-bond donors (Lipinski definition) is 2. The molecule has 0 heterocycles. The summed E-state index contributed by atoms with van der Waals surface area (Å²) in [6.07, 6.45) is -0.820. The number of carbonyl (C=O) groups excluding carboxylic acids is 2. The summed E-state index contributed by atoms with van der Waals surface area (Å²) in [5.74, 6) is -0.760. The van der Waals surface area contributed by atoms with Crippen LogP contribution >= 0.6 is 0 Å². The van der Waals surface area contributed by atoms with Crippen molar-refractivity contribution in [2.75, 3.05) is 0 Å². The monoisotopic (exact) mass is 436 g/mol. The minimum absolute atomic E-state index is 0.00148. The second kappa shape index (κ2) is 10.6. The van der Waals surface area contributed by atoms with Gasteiger partial charge in [-0.05, 0) is 41.0 Å². The third kappa shape index (κ3) is 6.30. The molecule has 9 heteroatoms. The van der Waals surface area contributed by atoms with Crippen molar-refractivity contribution >= 4 is 17.7 Å². The van der Waals surface area contributed by atoms with E-state index in [1.807, 2.05) is 18.2 Å². The number of benzene rings is 3. The van der Waals surface area contributed by atoms with Crippen LogP contribution in [0.3, 0.4) is 0 Å². The number of aromatic hydroxyl groups is 1. The molecule has 0 bridgehead atoms. The number of nitrogens with one attached hydrogen (secondary N) is 1. The van der Waals surface area contributed by atoms with Crippen molar-refractivity contribution in [3.63, 3.8) is 0 Å². The standard InChI is InChI=1S/C23H20N2O7/c26-20-12-8-18(9-13-20)21(24-23(28)32-15-16-4-2-1-3-5-16)22(27)31-14-17-6-10-19(11-7-17)25(29)30/h1-13,21,26H,14-15H2,(H,24,28). The van der Waals surface area contributed by atoms with Crippen molar-refractivity contribution < 1.29 is 29.1 Å². The van der Waals surface area contributed by atoms with E-state index in [9.17, 15) is 24.8 Å². The van der Waals surface area contributed by atoms with Gasteiger partial charge in [-0.25, -0.2) is 9.59 Å². The smallest absolute Gasteiger partial charge is 0.408 e. The summed E-state index contributed by atoms with van der Waals surface area (Å²) in [4.78, 5) is 35.2. The molecule has 0 saturated carbocycles. The molecule has 2 N–H and O–H groups in total. The highest BCUT2D eigenvalue weighted by atomic mass is 16.6. The fourth-order valence-electron chi connectivity index (χ4n) is 2.78. The molecular formula is C23H20N2O7. The Bertz CT molecular complexity index is 1070. The zero-order valence-electron chi connectivity index (χ0n) is 16.8. The summed E-state index contributed by atoms with van der Waals surface area (Å²) in [6, 6.07) is 19.1. The Morgan fingerprint density at radius 3 is 2.09 bits per heavy atom. The molecule has 0 saturated heterocycles. The molecule has 0 spiro atoms. The van der Waals surface area contributed by atoms with Crippen molar-refractivity contribution in [2.45, 2.75) is 19.3 Å². The van der Waals surface area contributed by atoms with Gasteiger partial charge in [0, 0.05) is 12.1 Å². The van der Waals surface area contributed by atoms with Crippen molar-refractivity contribution in [3.05, 3.63) is 106 Å². The molecule has 0 aliphatic rings. The maximum absolute atomic E-state index is 12.7. The first-order valence-electron chi connectivity index (χ1n) is 9.58. The van der Waals surface area contributed by atoms with Crippen LogP contribution in [-0.4, -0.2) is 22.1 Å². The fourth-order valence-corrected chi connectivity index (χ4v) is 2.78. The van der Waals surface area contributed by atoms with Crippen molar-refractivity contribution in [3.8, 4) is 5.75 Å². The fraction of sp³-hybridized carbons (Fsp3) is 0.130. The Morgan fingerprint density at radius 1 is 0.875 bits per heavy atom. The maximum atomic E-state index is 12.7. The molecule has 9 nitrogen and oxygen atoms in total. The number of non-ortho nitro benzene ring substituents is 1. The van der Waals surface area contributed by atoms with Crippen molar-refractivity contribution in [1.29, 1.82) is 0 Å². The molecule has 3 rings (SSSR count). The van der Waals surface area contributed by atoms with Crippen LogP contribution in [0, 0.1) is 10.1 Å². The second-order valence-corrected chi connectivity index (χ2v) is 6.76. The number of carbonyl (C=O) groups is 2. The van der Waals surface area contributed by atoms with E-state index in [4.69, 9.17) is 9.47 Å². The van der Waals surface area contributed by atoms with Crippen LogP contribution in [0.15, 0.2) is 78.9 Å². The van der Waals surface area contributed by atoms with E-state index >= 15 is 0 Å². The van der Waals surface area contributed by atoms with Crippen LogP contribution in [0.2, 0.25) is 0 Å². The van der Waals surface area contributed by atoms with Gasteiger partial charge in [0.15, 0.2) is 6.04 Å². The lowest BCUT2D eigenvalue weighted by Gasteiger charge is -2.18. The van der Waals surface area contributed by atoms with Gasteiger partial charge in [0.1, 0.15) is 19.0 Å². The van der Waals surface area contributed by atoms with Gasteiger partial charge < -0.3 is 19.9 Å². The lowest BCUT2D eigenvalue weighted by atomic mass is 10.1. The number of rotatable bonds is 8. The molecule has 0 radical (unpaired) electrons. The maximum Gasteiger partial charge on any atom is 0.408 e.